The lowest BCUT2D eigenvalue weighted by molar-refractivity contribution is -0.132. The third-order valence-electron chi connectivity index (χ3n) is 5.04. The molecule has 0 spiro atoms. The monoisotopic (exact) mass is 438 g/mol. The van der Waals surface area contributed by atoms with Crippen LogP contribution in [0.15, 0.2) is 64.4 Å². The van der Waals surface area contributed by atoms with Gasteiger partial charge in [0.05, 0.1) is 16.4 Å². The van der Waals surface area contributed by atoms with E-state index < -0.39 is 5.97 Å². The molecule has 4 rings (SSSR count). The Labute approximate surface area is 184 Å². The Morgan fingerprint density at radius 3 is 2.65 bits per heavy atom. The lowest BCUT2D eigenvalue weighted by Gasteiger charge is -2.20. The number of aromatic amines is 1. The molecular formula is C23H23ClN4O3. The Hall–Kier alpha value is -3.16. The average molecular weight is 439 g/mol. The summed E-state index contributed by atoms with van der Waals surface area (Å²) >= 11 is 6.30. The van der Waals surface area contributed by atoms with Crippen molar-refractivity contribution in [3.05, 3.63) is 81.1 Å². The van der Waals surface area contributed by atoms with Gasteiger partial charge in [0.2, 0.25) is 5.88 Å². The molecule has 1 aliphatic heterocycles. The van der Waals surface area contributed by atoms with Gasteiger partial charge in [0.15, 0.2) is 0 Å². The number of hydrogen-bond acceptors (Lipinski definition) is 5. The quantitative estimate of drug-likeness (QED) is 0.619. The van der Waals surface area contributed by atoms with Gasteiger partial charge in [0, 0.05) is 33.1 Å². The van der Waals surface area contributed by atoms with Crippen LogP contribution >= 0.6 is 11.6 Å². The van der Waals surface area contributed by atoms with Crippen molar-refractivity contribution >= 4 is 23.3 Å². The number of benzene rings is 2. The number of halogens is 1. The fourth-order valence-electron chi connectivity index (χ4n) is 3.68. The zero-order valence-electron chi connectivity index (χ0n) is 17.2. The SMILES string of the molecule is CC(=O)Oc1[nH]n(-c2ccccc2Cl)c(=O)c1C1=NCCCN(Cc2ccccc2)C1. The Morgan fingerprint density at radius 1 is 1.16 bits per heavy atom. The van der Waals surface area contributed by atoms with Crippen molar-refractivity contribution in [2.75, 3.05) is 19.6 Å². The third-order valence-corrected chi connectivity index (χ3v) is 5.36. The highest BCUT2D eigenvalue weighted by Gasteiger charge is 2.26. The first kappa shape index (κ1) is 21.1. The number of nitrogens with one attached hydrogen (secondary N) is 1. The molecule has 2 aromatic carbocycles. The maximum Gasteiger partial charge on any atom is 0.309 e. The summed E-state index contributed by atoms with van der Waals surface area (Å²) in [5, 5.41) is 3.30. The number of para-hydroxylation sites is 1. The van der Waals surface area contributed by atoms with Crippen molar-refractivity contribution < 1.29 is 9.53 Å². The van der Waals surface area contributed by atoms with Gasteiger partial charge in [0.25, 0.3) is 5.56 Å². The fourth-order valence-corrected chi connectivity index (χ4v) is 3.90. The van der Waals surface area contributed by atoms with Crippen molar-refractivity contribution in [3.8, 4) is 11.6 Å². The predicted molar refractivity (Wildman–Crippen MR) is 120 cm³/mol. The molecule has 0 amide bonds. The van der Waals surface area contributed by atoms with Crippen LogP contribution in [0.2, 0.25) is 5.02 Å². The van der Waals surface area contributed by atoms with Gasteiger partial charge in [0.1, 0.15) is 5.56 Å². The number of hydrogen-bond donors (Lipinski definition) is 1. The molecule has 0 saturated heterocycles. The largest absolute Gasteiger partial charge is 0.407 e. The van der Waals surface area contributed by atoms with E-state index in [2.05, 4.69) is 27.1 Å². The lowest BCUT2D eigenvalue weighted by Crippen LogP contribution is -2.32. The summed E-state index contributed by atoms with van der Waals surface area (Å²) in [5.41, 5.74) is 2.16. The molecule has 0 bridgehead atoms. The highest BCUT2D eigenvalue weighted by molar-refractivity contribution is 6.32. The normalized spacial score (nSPS) is 14.7. The molecule has 1 aromatic heterocycles. The van der Waals surface area contributed by atoms with E-state index in [1.165, 1.54) is 17.2 Å². The van der Waals surface area contributed by atoms with Gasteiger partial charge in [-0.3, -0.25) is 24.6 Å². The molecule has 0 fully saturated rings. The highest BCUT2D eigenvalue weighted by Crippen LogP contribution is 2.22. The van der Waals surface area contributed by atoms with Gasteiger partial charge in [-0.2, -0.15) is 0 Å². The van der Waals surface area contributed by atoms with E-state index in [-0.39, 0.29) is 17.0 Å². The summed E-state index contributed by atoms with van der Waals surface area (Å²) < 4.78 is 6.65. The van der Waals surface area contributed by atoms with E-state index in [9.17, 15) is 9.59 Å². The molecule has 0 saturated carbocycles. The summed E-state index contributed by atoms with van der Waals surface area (Å²) in [5.74, 6) is -0.443. The molecule has 0 radical (unpaired) electrons. The standard InChI is InChI=1S/C23H23ClN4O3/c1-16(29)31-22-21(23(30)28(26-22)20-11-6-5-10-18(20)24)19-15-27(13-7-12-25-19)14-17-8-3-2-4-9-17/h2-6,8-11,26H,7,12-15H2,1H3. The number of aliphatic imine (C=N–C) groups is 1. The molecule has 2 heterocycles. The van der Waals surface area contributed by atoms with E-state index in [0.29, 0.717) is 29.5 Å². The third kappa shape index (κ3) is 4.78. The smallest absolute Gasteiger partial charge is 0.309 e. The summed E-state index contributed by atoms with van der Waals surface area (Å²) in [6, 6.07) is 17.1. The van der Waals surface area contributed by atoms with E-state index >= 15 is 0 Å². The summed E-state index contributed by atoms with van der Waals surface area (Å²) in [7, 11) is 0. The minimum absolute atomic E-state index is 0.0812. The second kappa shape index (κ2) is 9.32. The van der Waals surface area contributed by atoms with Crippen LogP contribution in [0.25, 0.3) is 5.69 Å². The average Bonchev–Trinajstić information content (AvgIpc) is 2.91. The Balaban J connectivity index is 1.73. The van der Waals surface area contributed by atoms with Gasteiger partial charge < -0.3 is 4.74 Å². The zero-order chi connectivity index (χ0) is 21.8. The zero-order valence-corrected chi connectivity index (χ0v) is 17.9. The number of aromatic nitrogens is 2. The Morgan fingerprint density at radius 2 is 1.90 bits per heavy atom. The topological polar surface area (TPSA) is 79.7 Å². The van der Waals surface area contributed by atoms with Crippen LogP contribution in [-0.2, 0) is 11.3 Å². The second-order valence-electron chi connectivity index (χ2n) is 7.38. The van der Waals surface area contributed by atoms with Crippen LogP contribution in [0, 0.1) is 0 Å². The fraction of sp³-hybridized carbons (Fsp3) is 0.261. The van der Waals surface area contributed by atoms with Gasteiger partial charge in [-0.1, -0.05) is 54.1 Å². The van der Waals surface area contributed by atoms with Crippen LogP contribution < -0.4 is 10.3 Å². The molecule has 0 unspecified atom stereocenters. The van der Waals surface area contributed by atoms with E-state index in [1.54, 1.807) is 24.3 Å². The number of H-pyrrole nitrogens is 1. The van der Waals surface area contributed by atoms with Crippen LogP contribution in [0.1, 0.15) is 24.5 Å². The molecule has 160 valence electrons. The predicted octanol–water partition coefficient (Wildman–Crippen LogP) is 3.44. The first-order valence-electron chi connectivity index (χ1n) is 10.1. The van der Waals surface area contributed by atoms with Crippen LogP contribution in [-0.4, -0.2) is 46.0 Å². The molecular weight excluding hydrogens is 416 g/mol. The maximum atomic E-state index is 13.4. The number of rotatable bonds is 5. The number of carbonyl (C=O) groups excluding carboxylic acids is 1. The minimum atomic E-state index is -0.524. The van der Waals surface area contributed by atoms with Crippen molar-refractivity contribution in [2.24, 2.45) is 4.99 Å². The number of carbonyl (C=O) groups is 1. The minimum Gasteiger partial charge on any atom is -0.407 e. The highest BCUT2D eigenvalue weighted by atomic mass is 35.5. The van der Waals surface area contributed by atoms with Gasteiger partial charge in [-0.15, -0.1) is 0 Å². The van der Waals surface area contributed by atoms with Gasteiger partial charge in [-0.05, 0) is 24.1 Å². The van der Waals surface area contributed by atoms with E-state index in [0.717, 1.165) is 19.5 Å². The van der Waals surface area contributed by atoms with Crippen molar-refractivity contribution in [2.45, 2.75) is 19.9 Å². The second-order valence-corrected chi connectivity index (χ2v) is 7.79. The number of ether oxygens (including phenoxy) is 1. The number of esters is 1. The molecule has 7 nitrogen and oxygen atoms in total. The van der Waals surface area contributed by atoms with Crippen LogP contribution in [0.3, 0.4) is 0 Å². The molecule has 1 aliphatic rings. The van der Waals surface area contributed by atoms with Gasteiger partial charge in [-0.25, -0.2) is 4.68 Å². The Kier molecular flexibility index (Phi) is 6.34. The molecule has 0 atom stereocenters. The lowest BCUT2D eigenvalue weighted by atomic mass is 10.1. The van der Waals surface area contributed by atoms with E-state index in [1.807, 2.05) is 18.2 Å². The Bertz CT molecular complexity index is 1170. The van der Waals surface area contributed by atoms with Crippen LogP contribution in [0.4, 0.5) is 0 Å². The van der Waals surface area contributed by atoms with Crippen LogP contribution in [0.5, 0.6) is 5.88 Å². The molecule has 0 aliphatic carbocycles. The van der Waals surface area contributed by atoms with Crippen molar-refractivity contribution in [3.63, 3.8) is 0 Å². The maximum absolute atomic E-state index is 13.4. The first-order chi connectivity index (χ1) is 15.0. The first-order valence-corrected chi connectivity index (χ1v) is 10.5. The molecule has 8 heteroatoms. The van der Waals surface area contributed by atoms with Gasteiger partial charge >= 0.3 is 5.97 Å². The summed E-state index contributed by atoms with van der Waals surface area (Å²) in [4.78, 5) is 32.0. The van der Waals surface area contributed by atoms with E-state index in [4.69, 9.17) is 16.3 Å². The molecule has 1 N–H and O–H groups in total. The molecule has 3 aromatic rings. The summed E-state index contributed by atoms with van der Waals surface area (Å²) in [6.45, 7) is 3.96. The van der Waals surface area contributed by atoms with Crippen molar-refractivity contribution in [1.82, 2.24) is 14.7 Å². The molecule has 31 heavy (non-hydrogen) atoms. The number of nitrogens with zero attached hydrogens (tertiary/aromatic N) is 3. The summed E-state index contributed by atoms with van der Waals surface area (Å²) in [6.07, 6.45) is 0.877. The van der Waals surface area contributed by atoms with Crippen molar-refractivity contribution in [1.29, 1.82) is 0 Å².